The van der Waals surface area contributed by atoms with Gasteiger partial charge in [0.2, 0.25) is 5.88 Å². The number of aromatic nitrogens is 4. The van der Waals surface area contributed by atoms with E-state index in [2.05, 4.69) is 37.9 Å². The summed E-state index contributed by atoms with van der Waals surface area (Å²) in [5, 5.41) is 22.2. The van der Waals surface area contributed by atoms with Crippen molar-refractivity contribution in [1.82, 2.24) is 19.7 Å². The fraction of sp³-hybridized carbons (Fsp3) is 0.250. The number of urea groups is 1. The Hall–Kier alpha value is -4.23. The zero-order valence-corrected chi connectivity index (χ0v) is 24.4. The topological polar surface area (TPSA) is 153 Å². The monoisotopic (exact) mass is 613 g/mol. The molecule has 0 spiro atoms. The molecule has 0 atom stereocenters. The first-order valence-corrected chi connectivity index (χ1v) is 13.7. The summed E-state index contributed by atoms with van der Waals surface area (Å²) < 4.78 is 12.2. The van der Waals surface area contributed by atoms with Crippen molar-refractivity contribution in [2.24, 2.45) is 0 Å². The molecule has 0 saturated heterocycles. The van der Waals surface area contributed by atoms with Gasteiger partial charge < -0.3 is 25.2 Å². The first-order valence-electron chi connectivity index (χ1n) is 12.9. The van der Waals surface area contributed by atoms with Gasteiger partial charge >= 0.3 is 6.03 Å². The lowest BCUT2D eigenvalue weighted by Crippen LogP contribution is -2.21. The Labute approximate surface area is 252 Å². The summed E-state index contributed by atoms with van der Waals surface area (Å²) in [5.41, 5.74) is 2.55. The van der Waals surface area contributed by atoms with Gasteiger partial charge in [-0.3, -0.25) is 10.1 Å². The minimum atomic E-state index is -0.566. The minimum Gasteiger partial charge on any atom is -0.437 e. The molecule has 42 heavy (non-hydrogen) atoms. The number of hydrogen-bond acceptors (Lipinski definition) is 8. The number of aryl methyl sites for hydroxylation is 1. The number of anilines is 3. The van der Waals surface area contributed by atoms with Crippen LogP contribution in [0.1, 0.15) is 31.0 Å². The molecule has 3 amide bonds. The number of nitrogens with zero attached hydrogens (tertiary/aromatic N) is 4. The second-order valence-corrected chi connectivity index (χ2v) is 9.76. The lowest BCUT2D eigenvalue weighted by Gasteiger charge is -2.14. The number of carbonyl (C=O) groups excluding carboxylic acids is 2. The predicted molar refractivity (Wildman–Crippen MR) is 160 cm³/mol. The van der Waals surface area contributed by atoms with Gasteiger partial charge in [-0.2, -0.15) is 5.10 Å². The fourth-order valence-corrected chi connectivity index (χ4v) is 4.21. The second-order valence-electron chi connectivity index (χ2n) is 9.00. The standard InChI is InChI=1S/C28H29Cl2N7O5/c1-3-4-5-18-12-23(37(36-18)19-8-6-17(14-38)7-9-19)35-28(40)33-20-10-11-21(27(30)26(20)29)42-25-13-22(31-16-32-25)34-24(39)15-41-2/h6-13,16,38H,3-5,14-15H2,1-2H3,(H2,33,35,40)(H,31,32,34,39). The number of methoxy groups -OCH3 is 1. The summed E-state index contributed by atoms with van der Waals surface area (Å²) in [4.78, 5) is 32.7. The van der Waals surface area contributed by atoms with Crippen LogP contribution in [0.4, 0.5) is 22.1 Å². The Morgan fingerprint density at radius 3 is 2.50 bits per heavy atom. The van der Waals surface area contributed by atoms with Crippen LogP contribution in [-0.2, 0) is 22.6 Å². The average molecular weight is 614 g/mol. The van der Waals surface area contributed by atoms with Crippen LogP contribution in [0.2, 0.25) is 10.0 Å². The molecule has 0 aliphatic heterocycles. The van der Waals surface area contributed by atoms with E-state index < -0.39 is 11.9 Å². The number of hydrogen-bond donors (Lipinski definition) is 4. The molecule has 2 aromatic carbocycles. The average Bonchev–Trinajstić information content (AvgIpc) is 3.38. The van der Waals surface area contributed by atoms with E-state index in [1.54, 1.807) is 16.8 Å². The van der Waals surface area contributed by atoms with Gasteiger partial charge in [0.25, 0.3) is 5.91 Å². The minimum absolute atomic E-state index is 0.0360. The molecule has 2 heterocycles. The van der Waals surface area contributed by atoms with Crippen LogP contribution in [0.3, 0.4) is 0 Å². The second kappa shape index (κ2) is 14.6. The largest absolute Gasteiger partial charge is 0.437 e. The number of unbranched alkanes of at least 4 members (excludes halogenated alkanes) is 1. The van der Waals surface area contributed by atoms with E-state index >= 15 is 0 Å². The molecular weight excluding hydrogens is 585 g/mol. The van der Waals surface area contributed by atoms with Crippen LogP contribution in [-0.4, -0.2) is 50.5 Å². The van der Waals surface area contributed by atoms with E-state index in [0.29, 0.717) is 5.82 Å². The van der Waals surface area contributed by atoms with Gasteiger partial charge in [0.15, 0.2) is 0 Å². The zero-order chi connectivity index (χ0) is 30.1. The number of carbonyl (C=O) groups is 2. The quantitative estimate of drug-likeness (QED) is 0.156. The van der Waals surface area contributed by atoms with E-state index in [4.69, 9.17) is 32.7 Å². The number of benzene rings is 2. The number of rotatable bonds is 12. The Kier molecular flexibility index (Phi) is 10.7. The van der Waals surface area contributed by atoms with Gasteiger partial charge in [0.1, 0.15) is 35.3 Å². The highest BCUT2D eigenvalue weighted by molar-refractivity contribution is 6.45. The van der Waals surface area contributed by atoms with Crippen molar-refractivity contribution in [2.45, 2.75) is 32.8 Å². The number of amides is 3. The maximum absolute atomic E-state index is 13.0. The summed E-state index contributed by atoms with van der Waals surface area (Å²) in [6, 6.07) is 12.9. The van der Waals surface area contributed by atoms with Gasteiger partial charge in [0.05, 0.1) is 28.7 Å². The number of halogens is 2. The third-order valence-electron chi connectivity index (χ3n) is 5.85. The zero-order valence-electron chi connectivity index (χ0n) is 22.9. The molecule has 0 saturated carbocycles. The number of aliphatic hydroxyl groups excluding tert-OH is 1. The summed E-state index contributed by atoms with van der Waals surface area (Å²) in [5.74, 6) is 0.547. The molecule has 4 N–H and O–H groups in total. The van der Waals surface area contributed by atoms with E-state index in [9.17, 15) is 14.7 Å². The van der Waals surface area contributed by atoms with Crippen molar-refractivity contribution in [3.63, 3.8) is 0 Å². The summed E-state index contributed by atoms with van der Waals surface area (Å²) in [6.07, 6.45) is 3.93. The van der Waals surface area contributed by atoms with Gasteiger partial charge in [-0.05, 0) is 42.7 Å². The highest BCUT2D eigenvalue weighted by Crippen LogP contribution is 2.39. The van der Waals surface area contributed by atoms with Crippen LogP contribution in [0.5, 0.6) is 11.6 Å². The van der Waals surface area contributed by atoms with Gasteiger partial charge in [-0.15, -0.1) is 0 Å². The predicted octanol–water partition coefficient (Wildman–Crippen LogP) is 5.83. The Morgan fingerprint density at radius 1 is 1.00 bits per heavy atom. The normalized spacial score (nSPS) is 10.8. The molecule has 12 nitrogen and oxygen atoms in total. The smallest absolute Gasteiger partial charge is 0.324 e. The van der Waals surface area contributed by atoms with Gasteiger partial charge in [-0.1, -0.05) is 48.7 Å². The first kappa shape index (κ1) is 30.7. The molecule has 4 aromatic rings. The summed E-state index contributed by atoms with van der Waals surface area (Å²) >= 11 is 12.9. The van der Waals surface area contributed by atoms with Crippen LogP contribution >= 0.6 is 23.2 Å². The molecule has 0 aliphatic rings. The van der Waals surface area contributed by atoms with Gasteiger partial charge in [-0.25, -0.2) is 19.4 Å². The summed E-state index contributed by atoms with van der Waals surface area (Å²) in [7, 11) is 1.40. The van der Waals surface area contributed by atoms with Crippen LogP contribution in [0, 0.1) is 0 Å². The van der Waals surface area contributed by atoms with Crippen LogP contribution in [0.25, 0.3) is 5.69 Å². The third-order valence-corrected chi connectivity index (χ3v) is 6.71. The lowest BCUT2D eigenvalue weighted by atomic mass is 10.2. The van der Waals surface area contributed by atoms with E-state index in [0.717, 1.165) is 36.2 Å². The van der Waals surface area contributed by atoms with Crippen LogP contribution in [0.15, 0.2) is 54.9 Å². The Balaban J connectivity index is 1.48. The molecule has 14 heteroatoms. The van der Waals surface area contributed by atoms with Crippen LogP contribution < -0.4 is 20.7 Å². The first-order chi connectivity index (χ1) is 20.3. The molecular formula is C28H29Cl2N7O5. The molecule has 0 unspecified atom stereocenters. The van der Waals surface area contributed by atoms with Crippen molar-refractivity contribution in [3.8, 4) is 17.3 Å². The highest BCUT2D eigenvalue weighted by Gasteiger charge is 2.17. The van der Waals surface area contributed by atoms with Crippen molar-refractivity contribution >= 4 is 52.5 Å². The Bertz CT molecular complexity index is 1550. The molecule has 4 rings (SSSR count). The number of nitrogens with one attached hydrogen (secondary N) is 3. The lowest BCUT2D eigenvalue weighted by molar-refractivity contribution is -0.119. The van der Waals surface area contributed by atoms with Crippen molar-refractivity contribution in [3.05, 3.63) is 76.2 Å². The molecule has 0 bridgehead atoms. The molecule has 0 fully saturated rings. The third kappa shape index (κ3) is 7.95. The molecule has 0 radical (unpaired) electrons. The molecule has 0 aliphatic carbocycles. The van der Waals surface area contributed by atoms with Crippen molar-refractivity contribution < 1.29 is 24.2 Å². The van der Waals surface area contributed by atoms with Gasteiger partial charge in [0, 0.05) is 19.2 Å². The number of aliphatic hydroxyl groups is 1. The maximum atomic E-state index is 13.0. The Morgan fingerprint density at radius 2 is 1.79 bits per heavy atom. The number of ether oxygens (including phenoxy) is 2. The molecule has 220 valence electrons. The fourth-order valence-electron chi connectivity index (χ4n) is 3.80. The van der Waals surface area contributed by atoms with E-state index in [-0.39, 0.29) is 46.4 Å². The van der Waals surface area contributed by atoms with E-state index in [1.807, 2.05) is 18.2 Å². The van der Waals surface area contributed by atoms with E-state index in [1.165, 1.54) is 31.6 Å². The van der Waals surface area contributed by atoms with Crippen molar-refractivity contribution in [1.29, 1.82) is 0 Å². The highest BCUT2D eigenvalue weighted by atomic mass is 35.5. The SMILES string of the molecule is CCCCc1cc(NC(=O)Nc2ccc(Oc3cc(NC(=O)COC)ncn3)c(Cl)c2Cl)n(-c2ccc(CO)cc2)n1. The van der Waals surface area contributed by atoms with Crippen molar-refractivity contribution in [2.75, 3.05) is 29.7 Å². The summed E-state index contributed by atoms with van der Waals surface area (Å²) in [6.45, 7) is 1.88. The molecule has 2 aromatic heterocycles. The maximum Gasteiger partial charge on any atom is 0.324 e.